The minimum atomic E-state index is 0.575. The normalized spacial score (nSPS) is 23.5. The third-order valence-electron chi connectivity index (χ3n) is 3.09. The number of nitrogens with zero attached hydrogens (tertiary/aromatic N) is 2. The molecule has 1 unspecified atom stereocenters. The lowest BCUT2D eigenvalue weighted by atomic mass is 10.1. The van der Waals surface area contributed by atoms with E-state index in [0.717, 1.165) is 19.6 Å². The summed E-state index contributed by atoms with van der Waals surface area (Å²) in [4.78, 5) is 6.94. The summed E-state index contributed by atoms with van der Waals surface area (Å²) in [6, 6.07) is 6.61. The first-order valence-corrected chi connectivity index (χ1v) is 7.42. The van der Waals surface area contributed by atoms with Gasteiger partial charge in [0.2, 0.25) is 0 Å². The van der Waals surface area contributed by atoms with E-state index in [1.54, 1.807) is 0 Å². The molecule has 0 bridgehead atoms. The van der Waals surface area contributed by atoms with Crippen molar-refractivity contribution in [1.82, 2.24) is 4.90 Å². The second kappa shape index (κ2) is 4.22. The molecule has 0 saturated carbocycles. The van der Waals surface area contributed by atoms with Gasteiger partial charge >= 0.3 is 0 Å². The zero-order chi connectivity index (χ0) is 11.1. The van der Waals surface area contributed by atoms with E-state index in [2.05, 4.69) is 57.6 Å². The number of halogens is 1. The van der Waals surface area contributed by atoms with Crippen LogP contribution in [0.2, 0.25) is 0 Å². The highest BCUT2D eigenvalue weighted by molar-refractivity contribution is 14.1. The van der Waals surface area contributed by atoms with E-state index in [9.17, 15) is 0 Å². The van der Waals surface area contributed by atoms with Crippen molar-refractivity contribution in [2.24, 2.45) is 4.99 Å². The molecule has 0 spiro atoms. The highest BCUT2D eigenvalue weighted by Crippen LogP contribution is 2.41. The van der Waals surface area contributed by atoms with Crippen LogP contribution in [0.4, 0.5) is 0 Å². The van der Waals surface area contributed by atoms with Crippen LogP contribution in [0.15, 0.2) is 23.2 Å². The third kappa shape index (κ3) is 1.76. The molecule has 84 valence electrons. The van der Waals surface area contributed by atoms with Crippen molar-refractivity contribution < 1.29 is 0 Å². The third-order valence-corrected chi connectivity index (χ3v) is 5.85. The van der Waals surface area contributed by atoms with Gasteiger partial charge in [0.1, 0.15) is 0 Å². The Morgan fingerprint density at radius 2 is 2.38 bits per heavy atom. The van der Waals surface area contributed by atoms with Crippen molar-refractivity contribution in [3.05, 3.63) is 32.9 Å². The number of fused-ring (bicyclic) bond motifs is 1. The Morgan fingerprint density at radius 1 is 1.50 bits per heavy atom. The van der Waals surface area contributed by atoms with Gasteiger partial charge < -0.3 is 4.90 Å². The zero-order valence-corrected chi connectivity index (χ0v) is 12.1. The lowest BCUT2D eigenvalue weighted by Crippen LogP contribution is -2.21. The highest BCUT2D eigenvalue weighted by atomic mass is 127. The molecule has 4 heteroatoms. The first kappa shape index (κ1) is 10.9. The molecular weight excluding hydrogens is 331 g/mol. The van der Waals surface area contributed by atoms with Gasteiger partial charge in [-0.15, -0.1) is 0 Å². The van der Waals surface area contributed by atoms with Gasteiger partial charge in [-0.1, -0.05) is 30.0 Å². The molecule has 2 aliphatic rings. The highest BCUT2D eigenvalue weighted by Gasteiger charge is 2.33. The second-order valence-electron chi connectivity index (χ2n) is 4.19. The largest absolute Gasteiger partial charge is 0.348 e. The molecule has 0 N–H and O–H groups in total. The molecule has 2 heterocycles. The van der Waals surface area contributed by atoms with Gasteiger partial charge in [-0.2, -0.15) is 0 Å². The number of thioether (sulfide) groups is 1. The molecular formula is C12H13IN2S. The Hall–Kier alpha value is -0.230. The number of hydrogen-bond acceptors (Lipinski definition) is 3. The van der Waals surface area contributed by atoms with E-state index in [-0.39, 0.29) is 0 Å². The molecule has 0 aliphatic carbocycles. The summed E-state index contributed by atoms with van der Waals surface area (Å²) < 4.78 is 1.42. The second-order valence-corrected chi connectivity index (χ2v) is 6.44. The first-order valence-electron chi connectivity index (χ1n) is 5.47. The van der Waals surface area contributed by atoms with Crippen LogP contribution in [0.1, 0.15) is 16.4 Å². The maximum absolute atomic E-state index is 4.53. The lowest BCUT2D eigenvalue weighted by Gasteiger charge is -2.14. The van der Waals surface area contributed by atoms with Crippen LogP contribution in [0.25, 0.3) is 0 Å². The topological polar surface area (TPSA) is 15.6 Å². The molecule has 1 aromatic rings. The Labute approximate surface area is 114 Å². The van der Waals surface area contributed by atoms with E-state index in [1.807, 2.05) is 11.8 Å². The van der Waals surface area contributed by atoms with E-state index < -0.39 is 0 Å². The standard InChI is InChI=1S/C12H13IN2S/c1-8-3-2-4-9(11(8)13)10-7-15-6-5-14-12(15)16-10/h2-4,10H,5-7H2,1H3. The van der Waals surface area contributed by atoms with E-state index in [4.69, 9.17) is 0 Å². The SMILES string of the molecule is Cc1cccc(C2CN3CCN=C3S2)c1I. The van der Waals surface area contributed by atoms with Gasteiger partial charge in [0.05, 0.1) is 11.8 Å². The maximum atomic E-state index is 4.53. The van der Waals surface area contributed by atoms with Crippen molar-refractivity contribution in [3.8, 4) is 0 Å². The van der Waals surface area contributed by atoms with Crippen molar-refractivity contribution in [1.29, 1.82) is 0 Å². The lowest BCUT2D eigenvalue weighted by molar-refractivity contribution is 0.476. The summed E-state index contributed by atoms with van der Waals surface area (Å²) in [5.41, 5.74) is 2.86. The summed E-state index contributed by atoms with van der Waals surface area (Å²) in [6.45, 7) is 5.41. The number of hydrogen-bond donors (Lipinski definition) is 0. The van der Waals surface area contributed by atoms with Crippen molar-refractivity contribution >= 4 is 39.5 Å². The Balaban J connectivity index is 1.91. The zero-order valence-electron chi connectivity index (χ0n) is 9.11. The van der Waals surface area contributed by atoms with Gasteiger partial charge in [-0.05, 0) is 40.6 Å². The monoisotopic (exact) mass is 344 g/mol. The molecule has 16 heavy (non-hydrogen) atoms. The van der Waals surface area contributed by atoms with Gasteiger partial charge in [0.15, 0.2) is 5.17 Å². The summed E-state index contributed by atoms with van der Waals surface area (Å²) in [5, 5.41) is 1.83. The number of amidine groups is 1. The van der Waals surface area contributed by atoms with Crippen LogP contribution in [0.3, 0.4) is 0 Å². The molecule has 1 aromatic carbocycles. The van der Waals surface area contributed by atoms with E-state index in [1.165, 1.54) is 19.9 Å². The molecule has 2 aliphatic heterocycles. The quantitative estimate of drug-likeness (QED) is 0.728. The minimum absolute atomic E-state index is 0.575. The number of aryl methyl sites for hydroxylation is 1. The Bertz CT molecular complexity index is 458. The Morgan fingerprint density at radius 3 is 3.19 bits per heavy atom. The van der Waals surface area contributed by atoms with Crippen LogP contribution in [-0.2, 0) is 0 Å². The number of rotatable bonds is 1. The van der Waals surface area contributed by atoms with Crippen LogP contribution >= 0.6 is 34.4 Å². The summed E-state index contributed by atoms with van der Waals surface area (Å²) >= 11 is 4.40. The summed E-state index contributed by atoms with van der Waals surface area (Å²) in [5.74, 6) is 0. The van der Waals surface area contributed by atoms with Crippen LogP contribution in [0.5, 0.6) is 0 Å². The predicted octanol–water partition coefficient (Wildman–Crippen LogP) is 3.06. The summed E-state index contributed by atoms with van der Waals surface area (Å²) in [7, 11) is 0. The van der Waals surface area contributed by atoms with Crippen molar-refractivity contribution in [2.45, 2.75) is 12.2 Å². The molecule has 1 saturated heterocycles. The Kier molecular flexibility index (Phi) is 2.87. The van der Waals surface area contributed by atoms with Crippen LogP contribution < -0.4 is 0 Å². The van der Waals surface area contributed by atoms with Crippen molar-refractivity contribution in [3.63, 3.8) is 0 Å². The van der Waals surface area contributed by atoms with Crippen molar-refractivity contribution in [2.75, 3.05) is 19.6 Å². The summed E-state index contributed by atoms with van der Waals surface area (Å²) in [6.07, 6.45) is 0. The smallest absolute Gasteiger partial charge is 0.160 e. The fourth-order valence-electron chi connectivity index (χ4n) is 2.19. The van der Waals surface area contributed by atoms with Gasteiger partial charge in [0, 0.05) is 16.7 Å². The molecule has 0 radical (unpaired) electrons. The fraction of sp³-hybridized carbons (Fsp3) is 0.417. The molecule has 2 nitrogen and oxygen atoms in total. The first-order chi connectivity index (χ1) is 7.75. The fourth-order valence-corrected chi connectivity index (χ4v) is 4.45. The van der Waals surface area contributed by atoms with Crippen LogP contribution in [0, 0.1) is 10.5 Å². The number of aliphatic imine (C=N–C) groups is 1. The van der Waals surface area contributed by atoms with Crippen LogP contribution in [-0.4, -0.2) is 29.7 Å². The minimum Gasteiger partial charge on any atom is -0.348 e. The van der Waals surface area contributed by atoms with E-state index >= 15 is 0 Å². The van der Waals surface area contributed by atoms with Gasteiger partial charge in [0.25, 0.3) is 0 Å². The number of benzene rings is 1. The molecule has 0 aromatic heterocycles. The molecule has 3 rings (SSSR count). The van der Waals surface area contributed by atoms with Gasteiger partial charge in [-0.3, -0.25) is 4.99 Å². The molecule has 0 amide bonds. The van der Waals surface area contributed by atoms with E-state index in [0.29, 0.717) is 5.25 Å². The molecule has 1 fully saturated rings. The average Bonchev–Trinajstić information content (AvgIpc) is 2.81. The van der Waals surface area contributed by atoms with Gasteiger partial charge in [-0.25, -0.2) is 0 Å². The maximum Gasteiger partial charge on any atom is 0.160 e. The average molecular weight is 344 g/mol. The molecule has 1 atom stereocenters. The predicted molar refractivity (Wildman–Crippen MR) is 78.1 cm³/mol.